The van der Waals surface area contributed by atoms with Gasteiger partial charge in [0.1, 0.15) is 0 Å². The average Bonchev–Trinajstić information content (AvgIpc) is 2.89. The van der Waals surface area contributed by atoms with Crippen LogP contribution in [0.15, 0.2) is 12.4 Å². The van der Waals surface area contributed by atoms with E-state index in [0.29, 0.717) is 6.04 Å². The molecule has 3 heteroatoms. The molecule has 0 amide bonds. The van der Waals surface area contributed by atoms with E-state index >= 15 is 0 Å². The molecular weight excluding hydrogens is 198 g/mol. The molecule has 16 heavy (non-hydrogen) atoms. The van der Waals surface area contributed by atoms with Gasteiger partial charge in [-0.15, -0.1) is 0 Å². The molecular formula is C13H23N3. The van der Waals surface area contributed by atoms with Crippen LogP contribution < -0.4 is 5.32 Å². The SMILES string of the molecule is CCn1cc(C(NC)C2CCC(C)C2)cn1. The van der Waals surface area contributed by atoms with Crippen molar-refractivity contribution in [2.45, 2.75) is 45.7 Å². The Labute approximate surface area is 98.2 Å². The van der Waals surface area contributed by atoms with Gasteiger partial charge in [-0.2, -0.15) is 5.10 Å². The van der Waals surface area contributed by atoms with Crippen LogP contribution in [0, 0.1) is 11.8 Å². The first-order chi connectivity index (χ1) is 7.74. The molecule has 1 heterocycles. The lowest BCUT2D eigenvalue weighted by atomic mass is 9.93. The van der Waals surface area contributed by atoms with Crippen LogP contribution in [0.25, 0.3) is 0 Å². The molecule has 2 rings (SSSR count). The predicted molar refractivity (Wildman–Crippen MR) is 66.2 cm³/mol. The van der Waals surface area contributed by atoms with Crippen molar-refractivity contribution in [3.8, 4) is 0 Å². The normalized spacial score (nSPS) is 27.2. The summed E-state index contributed by atoms with van der Waals surface area (Å²) in [5.74, 6) is 1.68. The van der Waals surface area contributed by atoms with Crippen molar-refractivity contribution in [3.63, 3.8) is 0 Å². The lowest BCUT2D eigenvalue weighted by molar-refractivity contribution is 0.379. The van der Waals surface area contributed by atoms with Crippen LogP contribution in [0.5, 0.6) is 0 Å². The van der Waals surface area contributed by atoms with Gasteiger partial charge in [0.2, 0.25) is 0 Å². The molecule has 0 bridgehead atoms. The van der Waals surface area contributed by atoms with E-state index in [9.17, 15) is 0 Å². The highest BCUT2D eigenvalue weighted by atomic mass is 15.3. The van der Waals surface area contributed by atoms with E-state index in [2.05, 4.69) is 37.5 Å². The summed E-state index contributed by atoms with van der Waals surface area (Å²) in [4.78, 5) is 0. The summed E-state index contributed by atoms with van der Waals surface area (Å²) in [5, 5.41) is 7.84. The fourth-order valence-electron chi connectivity index (χ4n) is 2.94. The maximum Gasteiger partial charge on any atom is 0.0537 e. The number of aryl methyl sites for hydroxylation is 1. The van der Waals surface area contributed by atoms with E-state index < -0.39 is 0 Å². The first-order valence-electron chi connectivity index (χ1n) is 6.44. The first-order valence-corrected chi connectivity index (χ1v) is 6.44. The van der Waals surface area contributed by atoms with E-state index in [4.69, 9.17) is 0 Å². The Morgan fingerprint density at radius 3 is 2.88 bits per heavy atom. The third kappa shape index (κ3) is 2.29. The molecule has 0 aromatic carbocycles. The van der Waals surface area contributed by atoms with Gasteiger partial charge in [0.25, 0.3) is 0 Å². The van der Waals surface area contributed by atoms with Crippen LogP contribution in [0.3, 0.4) is 0 Å². The predicted octanol–water partition coefficient (Wildman–Crippen LogP) is 2.60. The molecule has 0 spiro atoms. The molecule has 3 unspecified atom stereocenters. The van der Waals surface area contributed by atoms with Crippen molar-refractivity contribution < 1.29 is 0 Å². The van der Waals surface area contributed by atoms with Crippen molar-refractivity contribution >= 4 is 0 Å². The zero-order valence-electron chi connectivity index (χ0n) is 10.6. The van der Waals surface area contributed by atoms with Crippen LogP contribution in [-0.4, -0.2) is 16.8 Å². The van der Waals surface area contributed by atoms with Crippen LogP contribution in [0.1, 0.15) is 44.7 Å². The number of nitrogens with zero attached hydrogens (tertiary/aromatic N) is 2. The zero-order valence-corrected chi connectivity index (χ0v) is 10.6. The minimum atomic E-state index is 0.491. The average molecular weight is 221 g/mol. The maximum atomic E-state index is 4.37. The molecule has 90 valence electrons. The second kappa shape index (κ2) is 5.00. The summed E-state index contributed by atoms with van der Waals surface area (Å²) in [6.45, 7) is 5.45. The van der Waals surface area contributed by atoms with Crippen molar-refractivity contribution in [1.82, 2.24) is 15.1 Å². The monoisotopic (exact) mass is 221 g/mol. The number of rotatable bonds is 4. The molecule has 0 saturated heterocycles. The van der Waals surface area contributed by atoms with E-state index in [1.165, 1.54) is 24.8 Å². The Balaban J connectivity index is 2.09. The highest BCUT2D eigenvalue weighted by Gasteiger charge is 2.29. The molecule has 3 nitrogen and oxygen atoms in total. The quantitative estimate of drug-likeness (QED) is 0.847. The third-order valence-corrected chi connectivity index (χ3v) is 3.85. The van der Waals surface area contributed by atoms with Gasteiger partial charge in [-0.25, -0.2) is 0 Å². The van der Waals surface area contributed by atoms with Gasteiger partial charge in [-0.05, 0) is 38.6 Å². The molecule has 1 N–H and O–H groups in total. The molecule has 1 saturated carbocycles. The van der Waals surface area contributed by atoms with Gasteiger partial charge in [-0.1, -0.05) is 13.3 Å². The fraction of sp³-hybridized carbons (Fsp3) is 0.769. The van der Waals surface area contributed by atoms with Crippen LogP contribution >= 0.6 is 0 Å². The van der Waals surface area contributed by atoms with Gasteiger partial charge in [-0.3, -0.25) is 4.68 Å². The molecule has 1 aliphatic rings. The van der Waals surface area contributed by atoms with E-state index in [1.807, 2.05) is 10.9 Å². The summed E-state index contributed by atoms with van der Waals surface area (Å²) in [6, 6.07) is 0.491. The second-order valence-corrected chi connectivity index (χ2v) is 5.07. The summed E-state index contributed by atoms with van der Waals surface area (Å²) in [7, 11) is 2.07. The molecule has 3 atom stereocenters. The zero-order chi connectivity index (χ0) is 11.5. The molecule has 0 aliphatic heterocycles. The van der Waals surface area contributed by atoms with Gasteiger partial charge < -0.3 is 5.32 Å². The Morgan fingerprint density at radius 1 is 1.56 bits per heavy atom. The molecule has 1 aromatic rings. The Morgan fingerprint density at radius 2 is 2.38 bits per heavy atom. The van der Waals surface area contributed by atoms with Crippen LogP contribution in [0.2, 0.25) is 0 Å². The lowest BCUT2D eigenvalue weighted by Gasteiger charge is -2.21. The third-order valence-electron chi connectivity index (χ3n) is 3.85. The maximum absolute atomic E-state index is 4.37. The van der Waals surface area contributed by atoms with Crippen molar-refractivity contribution in [2.75, 3.05) is 7.05 Å². The van der Waals surface area contributed by atoms with E-state index in [0.717, 1.165) is 18.4 Å². The van der Waals surface area contributed by atoms with E-state index in [1.54, 1.807) is 0 Å². The smallest absolute Gasteiger partial charge is 0.0537 e. The highest BCUT2D eigenvalue weighted by molar-refractivity contribution is 5.12. The Kier molecular flexibility index (Phi) is 3.64. The molecule has 0 radical (unpaired) electrons. The topological polar surface area (TPSA) is 29.9 Å². The second-order valence-electron chi connectivity index (χ2n) is 5.07. The van der Waals surface area contributed by atoms with Gasteiger partial charge in [0, 0.05) is 24.3 Å². The highest BCUT2D eigenvalue weighted by Crippen LogP contribution is 2.38. The Bertz CT molecular complexity index is 332. The van der Waals surface area contributed by atoms with Crippen molar-refractivity contribution in [3.05, 3.63) is 18.0 Å². The first kappa shape index (κ1) is 11.6. The minimum Gasteiger partial charge on any atom is -0.313 e. The van der Waals surface area contributed by atoms with Gasteiger partial charge in [0.05, 0.1) is 6.20 Å². The standard InChI is InChI=1S/C13H23N3/c1-4-16-9-12(8-15-16)13(14-3)11-6-5-10(2)7-11/h8-11,13-14H,4-7H2,1-3H3. The van der Waals surface area contributed by atoms with Crippen LogP contribution in [0.4, 0.5) is 0 Å². The van der Waals surface area contributed by atoms with Crippen molar-refractivity contribution in [1.29, 1.82) is 0 Å². The van der Waals surface area contributed by atoms with Gasteiger partial charge >= 0.3 is 0 Å². The number of hydrogen-bond donors (Lipinski definition) is 1. The minimum absolute atomic E-state index is 0.491. The fourth-order valence-corrected chi connectivity index (χ4v) is 2.94. The Hall–Kier alpha value is -0.830. The number of aromatic nitrogens is 2. The van der Waals surface area contributed by atoms with Crippen LogP contribution in [-0.2, 0) is 6.54 Å². The molecule has 1 aromatic heterocycles. The lowest BCUT2D eigenvalue weighted by Crippen LogP contribution is -2.23. The van der Waals surface area contributed by atoms with Crippen molar-refractivity contribution in [2.24, 2.45) is 11.8 Å². The summed E-state index contributed by atoms with van der Waals surface area (Å²) >= 11 is 0. The summed E-state index contributed by atoms with van der Waals surface area (Å²) in [5.41, 5.74) is 1.35. The molecule has 1 fully saturated rings. The summed E-state index contributed by atoms with van der Waals surface area (Å²) in [6.07, 6.45) is 8.29. The number of hydrogen-bond acceptors (Lipinski definition) is 2. The largest absolute Gasteiger partial charge is 0.313 e. The molecule has 1 aliphatic carbocycles. The number of nitrogens with one attached hydrogen (secondary N) is 1. The van der Waals surface area contributed by atoms with Gasteiger partial charge in [0.15, 0.2) is 0 Å². The summed E-state index contributed by atoms with van der Waals surface area (Å²) < 4.78 is 2.01. The van der Waals surface area contributed by atoms with E-state index in [-0.39, 0.29) is 0 Å².